The summed E-state index contributed by atoms with van der Waals surface area (Å²) in [4.78, 5) is 24.7. The maximum Gasteiger partial charge on any atom is 0.408 e. The van der Waals surface area contributed by atoms with Crippen LogP contribution >= 0.6 is 0 Å². The Hall–Kier alpha value is -3.53. The zero-order valence-corrected chi connectivity index (χ0v) is 24.9. The average Bonchev–Trinajstić information content (AvgIpc) is 2.78. The van der Waals surface area contributed by atoms with E-state index >= 15 is 0 Å². The first-order chi connectivity index (χ1) is 18.0. The molecule has 0 saturated heterocycles. The molecular weight excluding hydrogens is 518 g/mol. The summed E-state index contributed by atoms with van der Waals surface area (Å²) >= 11 is 0. The molecule has 0 bridgehead atoms. The summed E-state index contributed by atoms with van der Waals surface area (Å²) in [6.45, 7) is 11.2. The number of hydrogen-bond donors (Lipinski definition) is 3. The molecule has 2 rings (SSSR count). The minimum Gasteiger partial charge on any atom is -0.496 e. The molecular formula is C29H41N3O6S. The van der Waals surface area contributed by atoms with E-state index in [0.717, 1.165) is 23.0 Å². The van der Waals surface area contributed by atoms with Crippen molar-refractivity contribution in [2.45, 2.75) is 65.4 Å². The number of benzene rings is 1. The first kappa shape index (κ1) is 31.7. The van der Waals surface area contributed by atoms with Crippen molar-refractivity contribution in [2.24, 2.45) is 0 Å². The van der Waals surface area contributed by atoms with Crippen LogP contribution in [0.15, 0.2) is 54.3 Å². The quantitative estimate of drug-likeness (QED) is 0.423. The van der Waals surface area contributed by atoms with E-state index in [-0.39, 0.29) is 12.0 Å². The fraction of sp³-hybridized carbons (Fsp3) is 0.448. The van der Waals surface area contributed by atoms with Crippen LogP contribution in [0.2, 0.25) is 0 Å². The largest absolute Gasteiger partial charge is 0.496 e. The topological polar surface area (TPSA) is 123 Å². The fourth-order valence-electron chi connectivity index (χ4n) is 3.77. The number of nitrogens with one attached hydrogen (secondary N) is 3. The van der Waals surface area contributed by atoms with Crippen LogP contribution in [-0.4, -0.2) is 45.9 Å². The maximum absolute atomic E-state index is 12.7. The Kier molecular flexibility index (Phi) is 10.6. The number of allylic oxidation sites excluding steroid dienone is 7. The molecule has 1 aromatic rings. The molecule has 2 amide bonds. The molecule has 0 fully saturated rings. The number of anilines is 1. The van der Waals surface area contributed by atoms with E-state index in [1.165, 1.54) is 0 Å². The lowest BCUT2D eigenvalue weighted by molar-refractivity contribution is -0.115. The van der Waals surface area contributed by atoms with Gasteiger partial charge >= 0.3 is 6.09 Å². The summed E-state index contributed by atoms with van der Waals surface area (Å²) in [6.07, 6.45) is 12.8. The molecule has 0 unspecified atom stereocenters. The molecule has 0 atom stereocenters. The van der Waals surface area contributed by atoms with Crippen LogP contribution in [0.5, 0.6) is 5.75 Å². The Bertz CT molecular complexity index is 1290. The molecule has 10 heteroatoms. The van der Waals surface area contributed by atoms with Gasteiger partial charge in [-0.3, -0.25) is 9.52 Å². The molecule has 0 aromatic heterocycles. The second-order valence-corrected chi connectivity index (χ2v) is 13.0. The highest BCUT2D eigenvalue weighted by molar-refractivity contribution is 7.88. The first-order valence-corrected chi connectivity index (χ1v) is 14.6. The predicted octanol–water partition coefficient (Wildman–Crippen LogP) is 5.18. The van der Waals surface area contributed by atoms with Crippen LogP contribution in [0.25, 0.3) is 5.57 Å². The minimum atomic E-state index is -3.38. The summed E-state index contributed by atoms with van der Waals surface area (Å²) in [6, 6.07) is 3.72. The molecule has 0 radical (unpaired) electrons. The lowest BCUT2D eigenvalue weighted by Gasteiger charge is -2.26. The molecule has 1 aliphatic rings. The van der Waals surface area contributed by atoms with Gasteiger partial charge in [-0.2, -0.15) is 0 Å². The number of alkyl carbamates (subject to hydrolysis) is 1. The molecule has 0 heterocycles. The summed E-state index contributed by atoms with van der Waals surface area (Å²) < 4.78 is 36.8. The zero-order chi connectivity index (χ0) is 29.4. The van der Waals surface area contributed by atoms with Gasteiger partial charge in [-0.15, -0.1) is 0 Å². The van der Waals surface area contributed by atoms with E-state index in [1.54, 1.807) is 40.0 Å². The molecule has 0 saturated carbocycles. The number of sulfonamides is 1. The van der Waals surface area contributed by atoms with E-state index in [9.17, 15) is 18.0 Å². The van der Waals surface area contributed by atoms with Gasteiger partial charge < -0.3 is 20.1 Å². The predicted molar refractivity (Wildman–Crippen MR) is 156 cm³/mol. The number of carbonyl (C=O) groups excluding carboxylic acids is 2. The normalized spacial score (nSPS) is 14.6. The van der Waals surface area contributed by atoms with Gasteiger partial charge in [0.2, 0.25) is 15.9 Å². The summed E-state index contributed by atoms with van der Waals surface area (Å²) in [5.74, 6) is 0.297. The van der Waals surface area contributed by atoms with Crippen LogP contribution in [0, 0.1) is 0 Å². The Morgan fingerprint density at radius 1 is 0.974 bits per heavy atom. The molecule has 214 valence electrons. The Labute approximate surface area is 232 Å². The second kappa shape index (κ2) is 13.0. The van der Waals surface area contributed by atoms with E-state index in [2.05, 4.69) is 36.1 Å². The monoisotopic (exact) mass is 559 g/mol. The number of methoxy groups -OCH3 is 1. The lowest BCUT2D eigenvalue weighted by atomic mass is 9.83. The molecule has 39 heavy (non-hydrogen) atoms. The third kappa shape index (κ3) is 11.0. The smallest absolute Gasteiger partial charge is 0.408 e. The van der Waals surface area contributed by atoms with Crippen LogP contribution in [-0.2, 0) is 25.0 Å². The van der Waals surface area contributed by atoms with Crippen molar-refractivity contribution in [3.05, 3.63) is 65.4 Å². The first-order valence-electron chi connectivity index (χ1n) is 12.7. The van der Waals surface area contributed by atoms with E-state index in [4.69, 9.17) is 9.47 Å². The highest BCUT2D eigenvalue weighted by atomic mass is 32.2. The Morgan fingerprint density at radius 2 is 1.62 bits per heavy atom. The van der Waals surface area contributed by atoms with Gasteiger partial charge in [0.05, 0.1) is 13.4 Å². The number of hydrogen-bond acceptors (Lipinski definition) is 6. The van der Waals surface area contributed by atoms with Crippen molar-refractivity contribution in [3.63, 3.8) is 0 Å². The molecule has 3 N–H and O–H groups in total. The molecule has 9 nitrogen and oxygen atoms in total. The Morgan fingerprint density at radius 3 is 2.21 bits per heavy atom. The molecule has 1 aromatic carbocycles. The number of carbonyl (C=O) groups is 2. The average molecular weight is 560 g/mol. The van der Waals surface area contributed by atoms with E-state index in [0.29, 0.717) is 30.0 Å². The number of amides is 2. The minimum absolute atomic E-state index is 0.245. The van der Waals surface area contributed by atoms with Crippen molar-refractivity contribution in [3.8, 4) is 5.75 Å². The van der Waals surface area contributed by atoms with Gasteiger partial charge in [-0.1, -0.05) is 51.2 Å². The summed E-state index contributed by atoms with van der Waals surface area (Å²) in [5, 5.41) is 5.35. The third-order valence-electron chi connectivity index (χ3n) is 5.33. The van der Waals surface area contributed by atoms with Gasteiger partial charge in [-0.25, -0.2) is 13.2 Å². The molecule has 0 spiro atoms. The van der Waals surface area contributed by atoms with Crippen LogP contribution < -0.4 is 20.1 Å². The Balaban J connectivity index is 2.39. The van der Waals surface area contributed by atoms with Crippen molar-refractivity contribution < 1.29 is 27.5 Å². The molecule has 1 aliphatic carbocycles. The number of rotatable bonds is 7. The standard InChI is InChI=1S/C29H41N3O6S/c1-28(2,3)24-18-22(31-25(33)19-30-27(34)38-29(4,5)6)17-23(26(24)37-7)20-13-9-11-15-21(16-12-10-14-20)32-39(8,35)36/h9,12-18,32H,10-11,19H2,1-8H3,(H,30,34)(H,31,33). The van der Waals surface area contributed by atoms with Crippen molar-refractivity contribution in [2.75, 3.05) is 25.2 Å². The van der Waals surface area contributed by atoms with Gasteiger partial charge in [0.15, 0.2) is 0 Å². The molecule has 0 aliphatic heterocycles. The second-order valence-electron chi connectivity index (χ2n) is 11.2. The number of ether oxygens (including phenoxy) is 2. The van der Waals surface area contributed by atoms with Gasteiger partial charge in [0.25, 0.3) is 0 Å². The van der Waals surface area contributed by atoms with Crippen molar-refractivity contribution >= 4 is 33.3 Å². The van der Waals surface area contributed by atoms with E-state index in [1.807, 2.05) is 36.4 Å². The highest BCUT2D eigenvalue weighted by Gasteiger charge is 2.24. The highest BCUT2D eigenvalue weighted by Crippen LogP contribution is 2.40. The van der Waals surface area contributed by atoms with Gasteiger partial charge in [0.1, 0.15) is 17.9 Å². The van der Waals surface area contributed by atoms with Crippen molar-refractivity contribution in [1.29, 1.82) is 0 Å². The van der Waals surface area contributed by atoms with Crippen LogP contribution in [0.4, 0.5) is 10.5 Å². The van der Waals surface area contributed by atoms with Crippen LogP contribution in [0.3, 0.4) is 0 Å². The lowest BCUT2D eigenvalue weighted by Crippen LogP contribution is -2.37. The fourth-order valence-corrected chi connectivity index (χ4v) is 4.35. The van der Waals surface area contributed by atoms with Crippen LogP contribution in [0.1, 0.15) is 65.5 Å². The zero-order valence-electron chi connectivity index (χ0n) is 24.1. The SMILES string of the molecule is COc1c(C2=CCC=CC(NS(C)(=O)=O)=CCC=C2)cc(NC(=O)CNC(=O)OC(C)(C)C)cc1C(C)(C)C. The maximum atomic E-state index is 12.7. The van der Waals surface area contributed by atoms with Gasteiger partial charge in [0, 0.05) is 22.5 Å². The summed E-state index contributed by atoms with van der Waals surface area (Å²) in [5.41, 5.74) is 2.69. The van der Waals surface area contributed by atoms with E-state index < -0.39 is 27.6 Å². The summed E-state index contributed by atoms with van der Waals surface area (Å²) in [7, 11) is -1.76. The van der Waals surface area contributed by atoms with Gasteiger partial charge in [-0.05, 0) is 62.8 Å². The third-order valence-corrected chi connectivity index (χ3v) is 5.94. The van der Waals surface area contributed by atoms with Crippen molar-refractivity contribution in [1.82, 2.24) is 10.0 Å².